The highest BCUT2D eigenvalue weighted by Gasteiger charge is 2.62. The SMILES string of the molecule is C=C(C)CN1C(C)(C)C(C)(C)NC(C)(C)C(C)(C)N(CC(=C)C)C(C)(C)C(C)(C)N(CC(=C)C)C(C)(C)C1(C)C. The lowest BCUT2D eigenvalue weighted by molar-refractivity contribution is -0.174. The van der Waals surface area contributed by atoms with Gasteiger partial charge in [0.05, 0.1) is 0 Å². The average Bonchev–Trinajstić information content (AvgIpc) is 2.71. The summed E-state index contributed by atoms with van der Waals surface area (Å²) in [4.78, 5) is 8.20. The monoisotopic (exact) mass is 559 g/mol. The van der Waals surface area contributed by atoms with Gasteiger partial charge >= 0.3 is 0 Å². The van der Waals surface area contributed by atoms with Crippen LogP contribution in [0.1, 0.15) is 132 Å². The number of nitrogens with zero attached hydrogens (tertiary/aromatic N) is 3. The fraction of sp³-hybridized carbons (Fsp3) is 0.833. The summed E-state index contributed by atoms with van der Waals surface area (Å²) in [7, 11) is 0. The number of rotatable bonds is 6. The third-order valence-electron chi connectivity index (χ3n) is 12.0. The van der Waals surface area contributed by atoms with E-state index in [1.807, 2.05) is 0 Å². The van der Waals surface area contributed by atoms with Gasteiger partial charge in [0.1, 0.15) is 0 Å². The third kappa shape index (κ3) is 6.08. The molecule has 1 heterocycles. The molecule has 0 bridgehead atoms. The van der Waals surface area contributed by atoms with Crippen LogP contribution < -0.4 is 5.32 Å². The maximum Gasteiger partial charge on any atom is 0.0341 e. The van der Waals surface area contributed by atoms with Crippen LogP contribution in [-0.2, 0) is 0 Å². The Balaban J connectivity index is 4.42. The molecule has 1 aliphatic rings. The fourth-order valence-electron chi connectivity index (χ4n) is 7.17. The molecule has 1 rings (SSSR count). The molecule has 0 aromatic rings. The normalized spacial score (nSPS) is 27.7. The van der Waals surface area contributed by atoms with Crippen molar-refractivity contribution in [1.82, 2.24) is 20.0 Å². The first-order chi connectivity index (χ1) is 17.4. The minimum absolute atomic E-state index is 0.229. The standard InChI is InChI=1S/C36H70N4/c1-26(2)23-38-31(11,12)29(7,8)37-30(9,10)32(13,14)39(24-27(3)4)34(17,18)36(21,22)40(25-28(5)6)35(19,20)33(38,15)16/h37H,1,3,5,23-25H2,2,4,6-22H3. The van der Waals surface area contributed by atoms with Gasteiger partial charge in [0.25, 0.3) is 0 Å². The first-order valence-electron chi connectivity index (χ1n) is 15.4. The van der Waals surface area contributed by atoms with E-state index in [9.17, 15) is 0 Å². The quantitative estimate of drug-likeness (QED) is 0.330. The van der Waals surface area contributed by atoms with Crippen LogP contribution in [-0.4, -0.2) is 78.6 Å². The van der Waals surface area contributed by atoms with Gasteiger partial charge in [-0.1, -0.05) is 36.5 Å². The van der Waals surface area contributed by atoms with Crippen LogP contribution in [0.3, 0.4) is 0 Å². The lowest BCUT2D eigenvalue weighted by atomic mass is 9.65. The van der Waals surface area contributed by atoms with Crippen LogP contribution in [0.25, 0.3) is 0 Å². The Kier molecular flexibility index (Phi) is 10.2. The van der Waals surface area contributed by atoms with E-state index >= 15 is 0 Å². The van der Waals surface area contributed by atoms with Crippen LogP contribution in [0.15, 0.2) is 36.5 Å². The molecular weight excluding hydrogens is 488 g/mol. The van der Waals surface area contributed by atoms with Gasteiger partial charge in [0.2, 0.25) is 0 Å². The van der Waals surface area contributed by atoms with Crippen LogP contribution in [0.2, 0.25) is 0 Å². The largest absolute Gasteiger partial charge is 0.303 e. The lowest BCUT2D eigenvalue weighted by Gasteiger charge is -2.70. The zero-order valence-electron chi connectivity index (χ0n) is 30.6. The average molecular weight is 559 g/mol. The second kappa shape index (κ2) is 11.0. The second-order valence-electron chi connectivity index (χ2n) is 17.4. The van der Waals surface area contributed by atoms with Crippen molar-refractivity contribution in [3.63, 3.8) is 0 Å². The Morgan fingerprint density at radius 1 is 0.400 bits per heavy atom. The van der Waals surface area contributed by atoms with E-state index in [2.05, 4.69) is 171 Å². The molecule has 4 heteroatoms. The van der Waals surface area contributed by atoms with Crippen LogP contribution in [0.5, 0.6) is 0 Å². The van der Waals surface area contributed by atoms with Gasteiger partial charge in [0, 0.05) is 63.9 Å². The van der Waals surface area contributed by atoms with Gasteiger partial charge in [-0.2, -0.15) is 0 Å². The molecule has 40 heavy (non-hydrogen) atoms. The van der Waals surface area contributed by atoms with Crippen molar-refractivity contribution in [1.29, 1.82) is 0 Å². The van der Waals surface area contributed by atoms with Gasteiger partial charge in [-0.25, -0.2) is 0 Å². The zero-order valence-corrected chi connectivity index (χ0v) is 30.6. The second-order valence-corrected chi connectivity index (χ2v) is 17.4. The highest BCUT2D eigenvalue weighted by atomic mass is 15.4. The summed E-state index contributed by atoms with van der Waals surface area (Å²) in [6, 6.07) is 0. The first-order valence-corrected chi connectivity index (χ1v) is 15.4. The summed E-state index contributed by atoms with van der Waals surface area (Å²) in [5.41, 5.74) is 1.61. The summed E-state index contributed by atoms with van der Waals surface area (Å²) < 4.78 is 0. The van der Waals surface area contributed by atoms with Gasteiger partial charge in [0.15, 0.2) is 0 Å². The van der Waals surface area contributed by atoms with Crippen molar-refractivity contribution >= 4 is 0 Å². The molecule has 0 amide bonds. The topological polar surface area (TPSA) is 21.8 Å². The Morgan fingerprint density at radius 2 is 0.575 bits per heavy atom. The summed E-state index contributed by atoms with van der Waals surface area (Å²) in [6.07, 6.45) is 0. The summed E-state index contributed by atoms with van der Waals surface area (Å²) >= 11 is 0. The molecule has 0 saturated carbocycles. The van der Waals surface area contributed by atoms with Gasteiger partial charge < -0.3 is 5.32 Å². The number of hydrogen-bond acceptors (Lipinski definition) is 4. The van der Waals surface area contributed by atoms with Gasteiger partial charge in [-0.05, 0) is 132 Å². The molecule has 0 spiro atoms. The van der Waals surface area contributed by atoms with Crippen LogP contribution in [0, 0.1) is 0 Å². The zero-order chi connectivity index (χ0) is 32.3. The maximum absolute atomic E-state index is 4.44. The first kappa shape index (κ1) is 37.1. The minimum atomic E-state index is -0.247. The molecule has 4 nitrogen and oxygen atoms in total. The van der Waals surface area contributed by atoms with Crippen LogP contribution in [0.4, 0.5) is 0 Å². The van der Waals surface area contributed by atoms with Crippen molar-refractivity contribution in [3.8, 4) is 0 Å². The predicted molar refractivity (Wildman–Crippen MR) is 180 cm³/mol. The van der Waals surface area contributed by atoms with E-state index in [0.29, 0.717) is 0 Å². The van der Waals surface area contributed by atoms with Gasteiger partial charge in [-0.15, -0.1) is 0 Å². The molecule has 1 fully saturated rings. The van der Waals surface area contributed by atoms with E-state index in [4.69, 9.17) is 0 Å². The maximum atomic E-state index is 4.44. The highest BCUT2D eigenvalue weighted by Crippen LogP contribution is 2.50. The van der Waals surface area contributed by atoms with Crippen molar-refractivity contribution < 1.29 is 0 Å². The summed E-state index contributed by atoms with van der Waals surface area (Å²) in [5.74, 6) is 0. The van der Waals surface area contributed by atoms with E-state index < -0.39 is 0 Å². The van der Waals surface area contributed by atoms with E-state index in [1.54, 1.807) is 0 Å². The molecule has 0 radical (unpaired) electrons. The molecule has 1 saturated heterocycles. The van der Waals surface area contributed by atoms with Gasteiger partial charge in [-0.3, -0.25) is 14.7 Å². The Bertz CT molecular complexity index is 901. The molecular formula is C36H70N4. The number of hydrogen-bond donors (Lipinski definition) is 1. The Morgan fingerprint density at radius 3 is 0.750 bits per heavy atom. The minimum Gasteiger partial charge on any atom is -0.303 e. The van der Waals surface area contributed by atoms with E-state index in [-0.39, 0.29) is 44.3 Å². The van der Waals surface area contributed by atoms with E-state index in [1.165, 1.54) is 16.7 Å². The Labute approximate surface area is 251 Å². The van der Waals surface area contributed by atoms with Crippen molar-refractivity contribution in [2.75, 3.05) is 19.6 Å². The van der Waals surface area contributed by atoms with E-state index in [0.717, 1.165) is 19.6 Å². The van der Waals surface area contributed by atoms with Crippen molar-refractivity contribution in [2.24, 2.45) is 0 Å². The van der Waals surface area contributed by atoms with Crippen molar-refractivity contribution in [3.05, 3.63) is 36.5 Å². The highest BCUT2D eigenvalue weighted by molar-refractivity contribution is 5.23. The van der Waals surface area contributed by atoms with Crippen LogP contribution >= 0.6 is 0 Å². The van der Waals surface area contributed by atoms with Crippen molar-refractivity contribution in [2.45, 2.75) is 176 Å². The smallest absolute Gasteiger partial charge is 0.0341 e. The molecule has 0 aromatic carbocycles. The molecule has 0 unspecified atom stereocenters. The third-order valence-corrected chi connectivity index (χ3v) is 12.0. The summed E-state index contributed by atoms with van der Waals surface area (Å²) in [6.45, 7) is 61.0. The molecule has 1 N–H and O–H groups in total. The lowest BCUT2D eigenvalue weighted by Crippen LogP contribution is -2.83. The molecule has 234 valence electrons. The molecule has 0 aliphatic carbocycles. The number of nitrogens with one attached hydrogen (secondary N) is 1. The molecule has 1 aliphatic heterocycles. The molecule has 0 aromatic heterocycles. The fourth-order valence-corrected chi connectivity index (χ4v) is 7.17. The molecule has 0 atom stereocenters. The summed E-state index contributed by atoms with van der Waals surface area (Å²) in [5, 5.41) is 4.24. The Hall–Kier alpha value is -0.940. The predicted octanol–water partition coefficient (Wildman–Crippen LogP) is 8.45.